The lowest BCUT2D eigenvalue weighted by atomic mass is 9.96. The van der Waals surface area contributed by atoms with Crippen LogP contribution in [0.15, 0.2) is 30.3 Å². The van der Waals surface area contributed by atoms with Gasteiger partial charge in [0.15, 0.2) is 0 Å². The molecule has 0 bridgehead atoms. The molecule has 0 aliphatic rings. The number of benzene rings is 1. The smallest absolute Gasteiger partial charge is 0.408 e. The van der Waals surface area contributed by atoms with E-state index in [4.69, 9.17) is 4.74 Å². The molecule has 3 unspecified atom stereocenters. The lowest BCUT2D eigenvalue weighted by molar-refractivity contribution is -0.142. The second-order valence-electron chi connectivity index (χ2n) is 10.0. The third kappa shape index (κ3) is 8.59. The molecule has 31 heavy (non-hydrogen) atoms. The van der Waals surface area contributed by atoms with Crippen molar-refractivity contribution >= 4 is 17.9 Å². The lowest BCUT2D eigenvalue weighted by Gasteiger charge is -2.35. The van der Waals surface area contributed by atoms with E-state index in [0.29, 0.717) is 12.0 Å². The molecule has 174 valence electrons. The number of alkyl carbamates (subject to hydrolysis) is 1. The number of amides is 3. The van der Waals surface area contributed by atoms with E-state index in [2.05, 4.69) is 10.6 Å². The van der Waals surface area contributed by atoms with Crippen LogP contribution in [0.5, 0.6) is 0 Å². The van der Waals surface area contributed by atoms with Gasteiger partial charge in [-0.25, -0.2) is 4.79 Å². The largest absolute Gasteiger partial charge is 0.444 e. The number of likely N-dealkylation sites (N-methyl/N-ethyl adjacent to an activating group) is 1. The van der Waals surface area contributed by atoms with Gasteiger partial charge in [-0.3, -0.25) is 9.59 Å². The van der Waals surface area contributed by atoms with Crippen molar-refractivity contribution in [3.63, 3.8) is 0 Å². The van der Waals surface area contributed by atoms with Gasteiger partial charge >= 0.3 is 6.09 Å². The van der Waals surface area contributed by atoms with Gasteiger partial charge in [-0.2, -0.15) is 0 Å². The van der Waals surface area contributed by atoms with Crippen molar-refractivity contribution in [1.29, 1.82) is 0 Å². The third-order valence-electron chi connectivity index (χ3n) is 4.75. The second-order valence-corrected chi connectivity index (χ2v) is 10.0. The van der Waals surface area contributed by atoms with Crippen molar-refractivity contribution in [2.24, 2.45) is 5.92 Å². The van der Waals surface area contributed by atoms with Crippen LogP contribution in [-0.4, -0.2) is 47.0 Å². The fourth-order valence-electron chi connectivity index (χ4n) is 3.09. The Balaban J connectivity index is 3.24. The highest BCUT2D eigenvalue weighted by molar-refractivity contribution is 5.92. The quantitative estimate of drug-likeness (QED) is 0.679. The Kier molecular flexibility index (Phi) is 9.09. The van der Waals surface area contributed by atoms with Gasteiger partial charge < -0.3 is 20.3 Å². The Morgan fingerprint density at radius 3 is 2.03 bits per heavy atom. The normalized spacial score (nSPS) is 14.7. The molecule has 3 amide bonds. The van der Waals surface area contributed by atoms with E-state index >= 15 is 0 Å². The van der Waals surface area contributed by atoms with Crippen molar-refractivity contribution in [3.8, 4) is 0 Å². The first-order valence-corrected chi connectivity index (χ1v) is 10.8. The maximum Gasteiger partial charge on any atom is 0.408 e. The zero-order valence-electron chi connectivity index (χ0n) is 20.4. The van der Waals surface area contributed by atoms with Crippen LogP contribution >= 0.6 is 0 Å². The number of carbonyl (C=O) groups is 3. The maximum atomic E-state index is 13.5. The highest BCUT2D eigenvalue weighted by Gasteiger charge is 2.36. The van der Waals surface area contributed by atoms with Crippen molar-refractivity contribution in [2.75, 3.05) is 7.05 Å². The summed E-state index contributed by atoms with van der Waals surface area (Å²) in [6, 6.07) is 7.49. The molecule has 0 aliphatic carbocycles. The summed E-state index contributed by atoms with van der Waals surface area (Å²) in [5.74, 6) is -0.780. The number of rotatable bonds is 7. The number of carbonyl (C=O) groups excluding carboxylic acids is 3. The van der Waals surface area contributed by atoms with Gasteiger partial charge in [0.2, 0.25) is 11.8 Å². The molecular formula is C24H39N3O4. The number of hydrogen-bond acceptors (Lipinski definition) is 4. The minimum atomic E-state index is -0.833. The first-order valence-electron chi connectivity index (χ1n) is 10.8. The van der Waals surface area contributed by atoms with Crippen molar-refractivity contribution in [2.45, 2.75) is 85.0 Å². The Hall–Kier alpha value is -2.57. The number of hydrogen-bond donors (Lipinski definition) is 2. The average molecular weight is 434 g/mol. The van der Waals surface area contributed by atoms with E-state index in [1.807, 2.05) is 65.0 Å². The van der Waals surface area contributed by atoms with E-state index in [0.717, 1.165) is 0 Å². The van der Waals surface area contributed by atoms with Crippen LogP contribution in [0.3, 0.4) is 0 Å². The van der Waals surface area contributed by atoms with Crippen LogP contribution in [0.25, 0.3) is 0 Å². The van der Waals surface area contributed by atoms with Crippen LogP contribution in [0.4, 0.5) is 4.79 Å². The zero-order chi connectivity index (χ0) is 24.0. The van der Waals surface area contributed by atoms with E-state index in [1.54, 1.807) is 27.8 Å². The number of nitrogens with one attached hydrogen (secondary N) is 2. The highest BCUT2D eigenvalue weighted by Crippen LogP contribution is 2.23. The van der Waals surface area contributed by atoms with Gasteiger partial charge in [-0.05, 0) is 53.0 Å². The van der Waals surface area contributed by atoms with Crippen molar-refractivity contribution in [3.05, 3.63) is 35.9 Å². The van der Waals surface area contributed by atoms with E-state index in [9.17, 15) is 14.4 Å². The standard InChI is InChI=1S/C24H39N3O4/c1-10-16(2)18(25-22(30)31-24(6,7)8)21(29)27(9)19(17-14-12-11-13-15-17)20(28)26-23(3,4)5/h11-16,18-19H,10H2,1-9H3,(H,25,30)(H,26,28). The number of ether oxygens (including phenoxy) is 1. The molecule has 0 heterocycles. The van der Waals surface area contributed by atoms with Gasteiger partial charge in [0.05, 0.1) is 0 Å². The molecule has 0 aromatic heterocycles. The molecule has 0 saturated heterocycles. The molecule has 1 aromatic rings. The molecule has 3 atom stereocenters. The Morgan fingerprint density at radius 2 is 1.58 bits per heavy atom. The third-order valence-corrected chi connectivity index (χ3v) is 4.75. The Morgan fingerprint density at radius 1 is 1.03 bits per heavy atom. The van der Waals surface area contributed by atoms with E-state index in [-0.39, 0.29) is 17.7 Å². The monoisotopic (exact) mass is 433 g/mol. The summed E-state index contributed by atoms with van der Waals surface area (Å²) in [7, 11) is 1.59. The van der Waals surface area contributed by atoms with Gasteiger partial charge in [0.1, 0.15) is 17.7 Å². The first-order chi connectivity index (χ1) is 14.2. The second kappa shape index (κ2) is 10.6. The fourth-order valence-corrected chi connectivity index (χ4v) is 3.09. The highest BCUT2D eigenvalue weighted by atomic mass is 16.6. The molecule has 0 saturated carbocycles. The summed E-state index contributed by atoms with van der Waals surface area (Å²) >= 11 is 0. The van der Waals surface area contributed by atoms with Crippen LogP contribution in [-0.2, 0) is 14.3 Å². The lowest BCUT2D eigenvalue weighted by Crippen LogP contribution is -2.55. The minimum Gasteiger partial charge on any atom is -0.444 e. The Bertz CT molecular complexity index is 750. The summed E-state index contributed by atoms with van der Waals surface area (Å²) in [6.45, 7) is 14.8. The molecule has 0 spiro atoms. The SMILES string of the molecule is CCC(C)C(NC(=O)OC(C)(C)C)C(=O)N(C)C(C(=O)NC(C)(C)C)c1ccccc1. The molecule has 0 radical (unpaired) electrons. The van der Waals surface area contributed by atoms with Crippen LogP contribution < -0.4 is 10.6 Å². The van der Waals surface area contributed by atoms with E-state index < -0.39 is 29.3 Å². The molecule has 0 fully saturated rings. The Labute approximate surface area is 186 Å². The van der Waals surface area contributed by atoms with Crippen LogP contribution in [0.1, 0.15) is 73.4 Å². The molecule has 1 rings (SSSR count). The zero-order valence-corrected chi connectivity index (χ0v) is 20.4. The van der Waals surface area contributed by atoms with E-state index in [1.165, 1.54) is 4.90 Å². The predicted octanol–water partition coefficient (Wildman–Crippen LogP) is 4.04. The summed E-state index contributed by atoms with van der Waals surface area (Å²) in [5.41, 5.74) is -0.447. The summed E-state index contributed by atoms with van der Waals surface area (Å²) in [6.07, 6.45) is 0.0134. The van der Waals surface area contributed by atoms with Gasteiger partial charge in [-0.15, -0.1) is 0 Å². The first kappa shape index (κ1) is 26.5. The molecule has 2 N–H and O–H groups in total. The fraction of sp³-hybridized carbons (Fsp3) is 0.625. The van der Waals surface area contributed by atoms with Gasteiger partial charge in [-0.1, -0.05) is 50.6 Å². The van der Waals surface area contributed by atoms with Crippen molar-refractivity contribution in [1.82, 2.24) is 15.5 Å². The summed E-state index contributed by atoms with van der Waals surface area (Å²) in [5, 5.41) is 5.68. The molecule has 7 nitrogen and oxygen atoms in total. The van der Waals surface area contributed by atoms with Crippen LogP contribution in [0, 0.1) is 5.92 Å². The van der Waals surface area contributed by atoms with Gasteiger partial charge in [0, 0.05) is 12.6 Å². The molecule has 1 aromatic carbocycles. The van der Waals surface area contributed by atoms with Crippen molar-refractivity contribution < 1.29 is 19.1 Å². The maximum absolute atomic E-state index is 13.5. The topological polar surface area (TPSA) is 87.7 Å². The van der Waals surface area contributed by atoms with Crippen LogP contribution in [0.2, 0.25) is 0 Å². The predicted molar refractivity (Wildman–Crippen MR) is 122 cm³/mol. The molecule has 0 aliphatic heterocycles. The molecule has 7 heteroatoms. The molecular weight excluding hydrogens is 394 g/mol. The number of nitrogens with zero attached hydrogens (tertiary/aromatic N) is 1. The average Bonchev–Trinajstić information content (AvgIpc) is 2.63. The van der Waals surface area contributed by atoms with Gasteiger partial charge in [0.25, 0.3) is 0 Å². The summed E-state index contributed by atoms with van der Waals surface area (Å²) in [4.78, 5) is 40.5. The minimum absolute atomic E-state index is 0.149. The summed E-state index contributed by atoms with van der Waals surface area (Å²) < 4.78 is 5.35.